The van der Waals surface area contributed by atoms with Crippen molar-refractivity contribution in [1.29, 1.82) is 0 Å². The van der Waals surface area contributed by atoms with E-state index in [2.05, 4.69) is 10.6 Å². The zero-order chi connectivity index (χ0) is 12.3. The molecule has 5 atom stereocenters. The molecule has 94 valence electrons. The lowest BCUT2D eigenvalue weighted by molar-refractivity contribution is -0.252. The lowest BCUT2D eigenvalue weighted by Gasteiger charge is -2.40. The maximum atomic E-state index is 11.0. The molecule has 1 saturated heterocycles. The highest BCUT2D eigenvalue weighted by Gasteiger charge is 2.44. The van der Waals surface area contributed by atoms with Crippen LogP contribution in [0, 0.1) is 0 Å². The van der Waals surface area contributed by atoms with Crippen molar-refractivity contribution in [2.75, 3.05) is 13.7 Å². The van der Waals surface area contributed by atoms with Crippen molar-refractivity contribution in [3.8, 4) is 0 Å². The Labute approximate surface area is 91.8 Å². The molecule has 0 bridgehead atoms. The Morgan fingerprint density at radius 1 is 1.31 bits per heavy atom. The molecule has 1 fully saturated rings. The van der Waals surface area contributed by atoms with E-state index in [1.165, 1.54) is 7.05 Å². The lowest BCUT2D eigenvalue weighted by atomic mass is 9.97. The molecule has 0 radical (unpaired) electrons. The molecule has 0 saturated carbocycles. The zero-order valence-corrected chi connectivity index (χ0v) is 8.70. The summed E-state index contributed by atoms with van der Waals surface area (Å²) in [6, 6.07) is -1.78. The molecule has 0 aliphatic carbocycles. The van der Waals surface area contributed by atoms with Crippen molar-refractivity contribution in [3.05, 3.63) is 0 Å². The van der Waals surface area contributed by atoms with E-state index in [0.29, 0.717) is 0 Å². The van der Waals surface area contributed by atoms with Gasteiger partial charge in [-0.2, -0.15) is 0 Å². The molecule has 0 aromatic rings. The molecule has 8 heteroatoms. The Kier molecular flexibility index (Phi) is 4.44. The minimum atomic E-state index is -1.49. The Hall–Kier alpha value is -0.930. The average Bonchev–Trinajstić information content (AvgIpc) is 2.28. The number of aliphatic hydroxyl groups is 4. The number of ether oxygens (including phenoxy) is 1. The fourth-order valence-corrected chi connectivity index (χ4v) is 1.48. The Balaban J connectivity index is 2.67. The number of nitrogens with one attached hydrogen (secondary N) is 2. The van der Waals surface area contributed by atoms with Gasteiger partial charge in [-0.15, -0.1) is 0 Å². The van der Waals surface area contributed by atoms with Crippen LogP contribution in [-0.2, 0) is 4.74 Å². The highest BCUT2D eigenvalue weighted by molar-refractivity contribution is 5.73. The Bertz CT molecular complexity index is 251. The molecule has 0 aromatic heterocycles. The van der Waals surface area contributed by atoms with E-state index in [1.807, 2.05) is 0 Å². The Morgan fingerprint density at radius 3 is 2.44 bits per heavy atom. The van der Waals surface area contributed by atoms with Gasteiger partial charge in [0.1, 0.15) is 24.4 Å². The molecule has 0 spiro atoms. The fraction of sp³-hybridized carbons (Fsp3) is 0.875. The molecule has 8 nitrogen and oxygen atoms in total. The molecule has 6 N–H and O–H groups in total. The second-order valence-corrected chi connectivity index (χ2v) is 3.48. The largest absolute Gasteiger partial charge is 0.394 e. The van der Waals surface area contributed by atoms with Gasteiger partial charge in [0.25, 0.3) is 0 Å². The summed E-state index contributed by atoms with van der Waals surface area (Å²) in [6.45, 7) is -0.540. The van der Waals surface area contributed by atoms with E-state index >= 15 is 0 Å². The van der Waals surface area contributed by atoms with Gasteiger partial charge < -0.3 is 35.8 Å². The van der Waals surface area contributed by atoms with Gasteiger partial charge in [0.15, 0.2) is 6.29 Å². The first kappa shape index (κ1) is 13.1. The topological polar surface area (TPSA) is 131 Å². The summed E-state index contributed by atoms with van der Waals surface area (Å²) in [5.74, 6) is 0. The third-order valence-electron chi connectivity index (χ3n) is 2.42. The average molecular weight is 236 g/mol. The van der Waals surface area contributed by atoms with Crippen LogP contribution in [0.15, 0.2) is 0 Å². The molecule has 1 aliphatic heterocycles. The summed E-state index contributed by atoms with van der Waals surface area (Å²) in [6.07, 6.45) is -5.37. The van der Waals surface area contributed by atoms with Crippen molar-refractivity contribution in [2.24, 2.45) is 0 Å². The molecule has 1 heterocycles. The molecule has 1 rings (SSSR count). The number of urea groups is 1. The molecule has 16 heavy (non-hydrogen) atoms. The summed E-state index contributed by atoms with van der Waals surface area (Å²) in [5.41, 5.74) is 0. The van der Waals surface area contributed by atoms with Gasteiger partial charge in [-0.1, -0.05) is 0 Å². The summed E-state index contributed by atoms with van der Waals surface area (Å²) >= 11 is 0. The maximum Gasteiger partial charge on any atom is 0.315 e. The molecule has 0 unspecified atom stereocenters. The van der Waals surface area contributed by atoms with E-state index in [0.717, 1.165) is 0 Å². The van der Waals surface area contributed by atoms with Crippen LogP contribution in [0.1, 0.15) is 0 Å². The molecular formula is C8H16N2O6. The van der Waals surface area contributed by atoms with Gasteiger partial charge in [0.2, 0.25) is 0 Å². The second-order valence-electron chi connectivity index (χ2n) is 3.48. The third-order valence-corrected chi connectivity index (χ3v) is 2.42. The summed E-state index contributed by atoms with van der Waals surface area (Å²) in [5, 5.41) is 41.8. The van der Waals surface area contributed by atoms with Gasteiger partial charge in [-0.05, 0) is 0 Å². The van der Waals surface area contributed by atoms with Crippen LogP contribution in [0.3, 0.4) is 0 Å². The molecular weight excluding hydrogens is 220 g/mol. The smallest absolute Gasteiger partial charge is 0.315 e. The van der Waals surface area contributed by atoms with Crippen LogP contribution in [0.2, 0.25) is 0 Å². The predicted octanol–water partition coefficient (Wildman–Crippen LogP) is -3.28. The summed E-state index contributed by atoms with van der Waals surface area (Å²) < 4.78 is 4.83. The number of hydrogen-bond donors (Lipinski definition) is 6. The van der Waals surface area contributed by atoms with Crippen LogP contribution in [0.4, 0.5) is 4.79 Å². The number of carbonyl (C=O) groups is 1. The fourth-order valence-electron chi connectivity index (χ4n) is 1.48. The monoisotopic (exact) mass is 236 g/mol. The highest BCUT2D eigenvalue weighted by atomic mass is 16.6. The van der Waals surface area contributed by atoms with Crippen LogP contribution in [-0.4, -0.2) is 70.8 Å². The number of amides is 2. The number of carbonyl (C=O) groups excluding carboxylic acids is 1. The number of hydrogen-bond acceptors (Lipinski definition) is 6. The first-order valence-corrected chi connectivity index (χ1v) is 4.80. The molecule has 0 aromatic carbocycles. The summed E-state index contributed by atoms with van der Waals surface area (Å²) in [7, 11) is 1.37. The van der Waals surface area contributed by atoms with Crippen LogP contribution in [0.25, 0.3) is 0 Å². The van der Waals surface area contributed by atoms with E-state index in [-0.39, 0.29) is 0 Å². The van der Waals surface area contributed by atoms with Crippen molar-refractivity contribution in [1.82, 2.24) is 10.6 Å². The first-order valence-electron chi connectivity index (χ1n) is 4.80. The second kappa shape index (κ2) is 5.41. The normalized spacial score (nSPS) is 39.2. The van der Waals surface area contributed by atoms with Crippen LogP contribution >= 0.6 is 0 Å². The van der Waals surface area contributed by atoms with Gasteiger partial charge in [-0.3, -0.25) is 0 Å². The molecule has 1 aliphatic rings. The van der Waals surface area contributed by atoms with Crippen LogP contribution in [0.5, 0.6) is 0 Å². The van der Waals surface area contributed by atoms with Gasteiger partial charge in [0, 0.05) is 7.05 Å². The van der Waals surface area contributed by atoms with Crippen LogP contribution < -0.4 is 10.6 Å². The quantitative estimate of drug-likeness (QED) is 0.298. The van der Waals surface area contributed by atoms with Gasteiger partial charge >= 0.3 is 6.03 Å². The van der Waals surface area contributed by atoms with E-state index in [9.17, 15) is 20.1 Å². The minimum absolute atomic E-state index is 0.540. The van der Waals surface area contributed by atoms with E-state index in [4.69, 9.17) is 9.84 Å². The van der Waals surface area contributed by atoms with E-state index in [1.54, 1.807) is 0 Å². The minimum Gasteiger partial charge on any atom is -0.394 e. The SMILES string of the molecule is CNC(=O)N[C@@H]1[C@@H](O)[C@H](O)[C@@H](CO)O[C@H]1O. The van der Waals surface area contributed by atoms with Gasteiger partial charge in [-0.25, -0.2) is 4.79 Å². The number of aliphatic hydroxyl groups excluding tert-OH is 4. The predicted molar refractivity (Wildman–Crippen MR) is 51.4 cm³/mol. The third kappa shape index (κ3) is 2.60. The van der Waals surface area contributed by atoms with Gasteiger partial charge in [0.05, 0.1) is 6.61 Å². The van der Waals surface area contributed by atoms with E-state index < -0.39 is 43.3 Å². The number of rotatable bonds is 2. The highest BCUT2D eigenvalue weighted by Crippen LogP contribution is 2.19. The first-order chi connectivity index (χ1) is 7.51. The summed E-state index contributed by atoms with van der Waals surface area (Å²) in [4.78, 5) is 11.0. The lowest BCUT2D eigenvalue weighted by Crippen LogP contribution is -2.64. The van der Waals surface area contributed by atoms with Crippen molar-refractivity contribution in [2.45, 2.75) is 30.6 Å². The standard InChI is InChI=1S/C8H16N2O6/c1-9-8(15)10-4-6(13)5(12)3(2-11)16-7(4)14/h3-7,11-14H,2H2,1H3,(H2,9,10,15)/t3-,4-,5-,6-,7-/m1/s1. The van der Waals surface area contributed by atoms with Crippen molar-refractivity contribution in [3.63, 3.8) is 0 Å². The van der Waals surface area contributed by atoms with Crippen molar-refractivity contribution < 1.29 is 30.0 Å². The Morgan fingerprint density at radius 2 is 1.94 bits per heavy atom. The molecule has 2 amide bonds. The van der Waals surface area contributed by atoms with Crippen molar-refractivity contribution >= 4 is 6.03 Å². The maximum absolute atomic E-state index is 11.0. The zero-order valence-electron chi connectivity index (χ0n) is 8.70.